The molecule has 1 saturated heterocycles. The van der Waals surface area contributed by atoms with Gasteiger partial charge in [-0.25, -0.2) is 4.98 Å². The minimum atomic E-state index is -1.16. The van der Waals surface area contributed by atoms with E-state index in [0.29, 0.717) is 5.69 Å². The number of hydrogen-bond donors (Lipinski definition) is 2. The Balaban J connectivity index is 1.84. The number of nitrogens with zero attached hydrogens (tertiary/aromatic N) is 3. The van der Waals surface area contributed by atoms with Crippen molar-refractivity contribution in [2.45, 2.75) is 6.04 Å². The smallest absolute Gasteiger partial charge is 0.310 e. The Morgan fingerprint density at radius 3 is 2.58 bits per heavy atom. The van der Waals surface area contributed by atoms with E-state index in [9.17, 15) is 19.5 Å². The molecule has 1 aliphatic heterocycles. The average Bonchev–Trinajstić information content (AvgIpc) is 2.93. The van der Waals surface area contributed by atoms with Crippen molar-refractivity contribution >= 4 is 23.5 Å². The number of para-hydroxylation sites is 1. The Bertz CT molecular complexity index is 766. The molecule has 2 aromatic rings. The lowest BCUT2D eigenvalue weighted by Gasteiger charge is -2.16. The summed E-state index contributed by atoms with van der Waals surface area (Å²) in [6, 6.07) is 7.57. The number of benzene rings is 1. The molecule has 8 heteroatoms. The number of carbonyl (C=O) groups excluding carboxylic acids is 2. The van der Waals surface area contributed by atoms with Gasteiger partial charge in [-0.15, -0.1) is 0 Å². The van der Waals surface area contributed by atoms with Crippen molar-refractivity contribution < 1.29 is 19.5 Å². The Morgan fingerprint density at radius 2 is 1.96 bits per heavy atom. The summed E-state index contributed by atoms with van der Waals surface area (Å²) >= 11 is 0. The number of nitrogens with one attached hydrogen (secondary N) is 1. The zero-order valence-corrected chi connectivity index (χ0v) is 12.5. The number of carboxylic acid groups (broad SMARTS) is 1. The highest BCUT2D eigenvalue weighted by molar-refractivity contribution is 6.06. The number of rotatable bonds is 4. The Morgan fingerprint density at radius 1 is 1.21 bits per heavy atom. The van der Waals surface area contributed by atoms with Gasteiger partial charge in [0.15, 0.2) is 0 Å². The van der Waals surface area contributed by atoms with Crippen molar-refractivity contribution in [1.29, 1.82) is 0 Å². The summed E-state index contributed by atoms with van der Waals surface area (Å²) in [7, 11) is 0. The van der Waals surface area contributed by atoms with Gasteiger partial charge in [-0.05, 0) is 12.1 Å². The van der Waals surface area contributed by atoms with Crippen molar-refractivity contribution in [2.24, 2.45) is 5.92 Å². The van der Waals surface area contributed by atoms with E-state index in [4.69, 9.17) is 0 Å². The van der Waals surface area contributed by atoms with Gasteiger partial charge in [-0.2, -0.15) is 0 Å². The highest BCUT2D eigenvalue weighted by Crippen LogP contribution is 2.25. The molecule has 2 atom stereocenters. The zero-order valence-electron chi connectivity index (χ0n) is 12.5. The normalized spacial score (nSPS) is 20.0. The molecular formula is C16H14N4O4. The molecule has 0 bridgehead atoms. The summed E-state index contributed by atoms with van der Waals surface area (Å²) in [5.74, 6) is -3.29. The molecule has 1 aromatic carbocycles. The molecule has 3 rings (SSSR count). The van der Waals surface area contributed by atoms with Crippen LogP contribution in [-0.4, -0.2) is 45.4 Å². The number of hydrogen-bond acceptors (Lipinski definition) is 5. The Kier molecular flexibility index (Phi) is 4.19. The first-order valence-corrected chi connectivity index (χ1v) is 7.24. The van der Waals surface area contributed by atoms with Gasteiger partial charge in [0.05, 0.1) is 6.20 Å². The first-order chi connectivity index (χ1) is 11.6. The van der Waals surface area contributed by atoms with Crippen molar-refractivity contribution in [3.05, 3.63) is 54.6 Å². The number of aliphatic carboxylic acids is 1. The zero-order chi connectivity index (χ0) is 17.1. The van der Waals surface area contributed by atoms with Crippen LogP contribution in [0.2, 0.25) is 0 Å². The summed E-state index contributed by atoms with van der Waals surface area (Å²) in [6.07, 6.45) is 4.00. The largest absolute Gasteiger partial charge is 0.481 e. The van der Waals surface area contributed by atoms with Gasteiger partial charge >= 0.3 is 5.97 Å². The Labute approximate surface area is 137 Å². The number of aromatic nitrogens is 2. The third-order valence-corrected chi connectivity index (χ3v) is 3.78. The molecule has 0 saturated carbocycles. The van der Waals surface area contributed by atoms with E-state index in [1.807, 2.05) is 0 Å². The molecule has 2 amide bonds. The molecule has 24 heavy (non-hydrogen) atoms. The predicted molar refractivity (Wildman–Crippen MR) is 83.2 cm³/mol. The van der Waals surface area contributed by atoms with Crippen molar-refractivity contribution in [2.75, 3.05) is 11.4 Å². The van der Waals surface area contributed by atoms with Gasteiger partial charge in [-0.1, -0.05) is 18.2 Å². The molecule has 1 aliphatic rings. The fraction of sp³-hybridized carbons (Fsp3) is 0.188. The molecule has 122 valence electrons. The van der Waals surface area contributed by atoms with E-state index in [-0.39, 0.29) is 12.2 Å². The summed E-state index contributed by atoms with van der Waals surface area (Å²) in [6.45, 7) is -0.0103. The number of carbonyl (C=O) groups is 3. The van der Waals surface area contributed by atoms with E-state index >= 15 is 0 Å². The van der Waals surface area contributed by atoms with Crippen LogP contribution in [0.5, 0.6) is 0 Å². The lowest BCUT2D eigenvalue weighted by molar-refractivity contribution is -0.142. The lowest BCUT2D eigenvalue weighted by atomic mass is 10.0. The van der Waals surface area contributed by atoms with E-state index in [1.54, 1.807) is 30.3 Å². The third kappa shape index (κ3) is 2.94. The fourth-order valence-electron chi connectivity index (χ4n) is 2.59. The molecule has 8 nitrogen and oxygen atoms in total. The molecule has 2 heterocycles. The molecular weight excluding hydrogens is 312 g/mol. The standard InChI is InChI=1S/C16H14N4O4/c21-14(12-8-17-6-7-18-12)19-13-11(16(23)24)9-20(15(13)22)10-4-2-1-3-5-10/h1-8,11,13H,9H2,(H,19,21)(H,23,24)/t11-,13-/m1/s1. The maximum absolute atomic E-state index is 12.6. The van der Waals surface area contributed by atoms with Crippen LogP contribution < -0.4 is 10.2 Å². The molecule has 0 radical (unpaired) electrons. The molecule has 0 unspecified atom stereocenters. The lowest BCUT2D eigenvalue weighted by Crippen LogP contribution is -2.46. The minimum absolute atomic E-state index is 0.0103. The van der Waals surface area contributed by atoms with E-state index < -0.39 is 29.7 Å². The van der Waals surface area contributed by atoms with Crippen LogP contribution >= 0.6 is 0 Å². The molecule has 2 N–H and O–H groups in total. The highest BCUT2D eigenvalue weighted by Gasteiger charge is 2.46. The van der Waals surface area contributed by atoms with Crippen LogP contribution in [0.3, 0.4) is 0 Å². The van der Waals surface area contributed by atoms with Crippen LogP contribution in [-0.2, 0) is 9.59 Å². The average molecular weight is 326 g/mol. The van der Waals surface area contributed by atoms with Gasteiger partial charge in [0.2, 0.25) is 0 Å². The molecule has 1 aromatic heterocycles. The maximum Gasteiger partial charge on any atom is 0.310 e. The van der Waals surface area contributed by atoms with Crippen molar-refractivity contribution in [1.82, 2.24) is 15.3 Å². The molecule has 0 aliphatic carbocycles. The molecule has 1 fully saturated rings. The van der Waals surface area contributed by atoms with Gasteiger partial charge in [0.1, 0.15) is 17.7 Å². The summed E-state index contributed by atoms with van der Waals surface area (Å²) in [5.41, 5.74) is 0.609. The van der Waals surface area contributed by atoms with Gasteiger partial charge in [0, 0.05) is 24.6 Å². The third-order valence-electron chi connectivity index (χ3n) is 3.78. The first-order valence-electron chi connectivity index (χ1n) is 7.24. The maximum atomic E-state index is 12.6. The quantitative estimate of drug-likeness (QED) is 0.837. The van der Waals surface area contributed by atoms with Crippen LogP contribution in [0.15, 0.2) is 48.9 Å². The fourth-order valence-corrected chi connectivity index (χ4v) is 2.59. The summed E-state index contributed by atoms with van der Waals surface area (Å²) < 4.78 is 0. The van der Waals surface area contributed by atoms with Gasteiger partial charge in [0.25, 0.3) is 11.8 Å². The van der Waals surface area contributed by atoms with Crippen LogP contribution in [0.25, 0.3) is 0 Å². The van der Waals surface area contributed by atoms with Crippen LogP contribution in [0.1, 0.15) is 10.5 Å². The van der Waals surface area contributed by atoms with E-state index in [1.165, 1.54) is 23.5 Å². The summed E-state index contributed by atoms with van der Waals surface area (Å²) in [4.78, 5) is 45.3. The number of carboxylic acids is 1. The second kappa shape index (κ2) is 6.45. The topological polar surface area (TPSA) is 112 Å². The SMILES string of the molecule is O=C(N[C@H]1C(=O)N(c2ccccc2)C[C@H]1C(=O)O)c1cnccn1. The minimum Gasteiger partial charge on any atom is -0.481 e. The second-order valence-corrected chi connectivity index (χ2v) is 5.27. The molecule has 0 spiro atoms. The number of amides is 2. The Hall–Kier alpha value is -3.29. The van der Waals surface area contributed by atoms with Crippen molar-refractivity contribution in [3.63, 3.8) is 0 Å². The van der Waals surface area contributed by atoms with E-state index in [2.05, 4.69) is 15.3 Å². The number of anilines is 1. The second-order valence-electron chi connectivity index (χ2n) is 5.27. The van der Waals surface area contributed by atoms with Crippen molar-refractivity contribution in [3.8, 4) is 0 Å². The first kappa shape index (κ1) is 15.6. The predicted octanol–water partition coefficient (Wildman–Crippen LogP) is 0.323. The van der Waals surface area contributed by atoms with Crippen LogP contribution in [0, 0.1) is 5.92 Å². The van der Waals surface area contributed by atoms with Crippen LogP contribution in [0.4, 0.5) is 5.69 Å². The van der Waals surface area contributed by atoms with Gasteiger partial charge in [-0.3, -0.25) is 19.4 Å². The van der Waals surface area contributed by atoms with E-state index in [0.717, 1.165) is 0 Å². The summed E-state index contributed by atoms with van der Waals surface area (Å²) in [5, 5.41) is 11.9. The highest BCUT2D eigenvalue weighted by atomic mass is 16.4. The monoisotopic (exact) mass is 326 g/mol. The van der Waals surface area contributed by atoms with Gasteiger partial charge < -0.3 is 15.3 Å².